The maximum Gasteiger partial charge on any atom is 0.243 e. The Kier molecular flexibility index (Phi) is 4.60. The van der Waals surface area contributed by atoms with Crippen molar-refractivity contribution in [2.75, 3.05) is 5.73 Å². The van der Waals surface area contributed by atoms with Gasteiger partial charge in [0, 0.05) is 24.6 Å². The fourth-order valence-electron chi connectivity index (χ4n) is 1.73. The maximum absolute atomic E-state index is 14.0. The van der Waals surface area contributed by atoms with Gasteiger partial charge < -0.3 is 5.73 Å². The van der Waals surface area contributed by atoms with Gasteiger partial charge >= 0.3 is 0 Å². The minimum Gasteiger partial charge on any atom is -0.399 e. The highest BCUT2D eigenvalue weighted by Crippen LogP contribution is 2.26. The second-order valence-corrected chi connectivity index (χ2v) is 7.03. The van der Waals surface area contributed by atoms with Crippen molar-refractivity contribution in [3.8, 4) is 0 Å². The summed E-state index contributed by atoms with van der Waals surface area (Å²) in [7, 11) is -4.01. The molecule has 0 bridgehead atoms. The summed E-state index contributed by atoms with van der Waals surface area (Å²) >= 11 is 2.94. The summed E-state index contributed by atoms with van der Waals surface area (Å²) in [6, 6.07) is 4.09. The highest BCUT2D eigenvalue weighted by molar-refractivity contribution is 9.10. The van der Waals surface area contributed by atoms with Crippen LogP contribution in [0, 0.1) is 12.7 Å². The summed E-state index contributed by atoms with van der Waals surface area (Å²) in [5.74, 6) is -0.872. The van der Waals surface area contributed by atoms with Crippen LogP contribution in [0.5, 0.6) is 0 Å². The first kappa shape index (κ1) is 15.9. The van der Waals surface area contributed by atoms with Gasteiger partial charge in [-0.15, -0.1) is 0 Å². The molecule has 0 spiro atoms. The number of halogens is 2. The Morgan fingerprint density at radius 1 is 1.43 bits per heavy atom. The summed E-state index contributed by atoms with van der Waals surface area (Å²) in [5, 5.41) is 0. The van der Waals surface area contributed by atoms with Crippen molar-refractivity contribution >= 4 is 31.6 Å². The van der Waals surface area contributed by atoms with E-state index in [9.17, 15) is 12.8 Å². The number of nitrogens with zero attached hydrogens (tertiary/aromatic N) is 1. The fourth-order valence-corrected chi connectivity index (χ4v) is 3.48. The van der Waals surface area contributed by atoms with Crippen LogP contribution in [-0.4, -0.2) is 13.4 Å². The molecule has 21 heavy (non-hydrogen) atoms. The standard InChI is InChI=1S/C13H13BrFN3O2S/c1-8-6-17-3-2-9(8)7-18-21(19,20)12-5-10(16)4-11(14)13(12)15/h2-6,18H,7,16H2,1H3. The predicted octanol–water partition coefficient (Wildman–Crippen LogP) is 2.35. The van der Waals surface area contributed by atoms with Crippen molar-refractivity contribution in [1.29, 1.82) is 0 Å². The smallest absolute Gasteiger partial charge is 0.243 e. The van der Waals surface area contributed by atoms with Gasteiger partial charge in [0.1, 0.15) is 4.90 Å². The van der Waals surface area contributed by atoms with Crippen molar-refractivity contribution in [3.63, 3.8) is 0 Å². The first-order valence-corrected chi connectivity index (χ1v) is 8.22. The van der Waals surface area contributed by atoms with Crippen molar-refractivity contribution in [2.45, 2.75) is 18.4 Å². The highest BCUT2D eigenvalue weighted by Gasteiger charge is 2.21. The van der Waals surface area contributed by atoms with E-state index < -0.39 is 20.7 Å². The number of aromatic nitrogens is 1. The largest absolute Gasteiger partial charge is 0.399 e. The molecule has 0 unspecified atom stereocenters. The van der Waals surface area contributed by atoms with Gasteiger partial charge in [-0.05, 0) is 52.2 Å². The Morgan fingerprint density at radius 3 is 2.81 bits per heavy atom. The van der Waals surface area contributed by atoms with Gasteiger partial charge in [-0.1, -0.05) is 0 Å². The second-order valence-electron chi connectivity index (χ2n) is 4.44. The molecule has 1 heterocycles. The predicted molar refractivity (Wildman–Crippen MR) is 81.5 cm³/mol. The van der Waals surface area contributed by atoms with Crippen molar-refractivity contribution in [3.05, 3.63) is 52.0 Å². The minimum absolute atomic E-state index is 0.00275. The van der Waals surface area contributed by atoms with E-state index in [2.05, 4.69) is 25.6 Å². The average molecular weight is 374 g/mol. The van der Waals surface area contributed by atoms with E-state index in [0.717, 1.165) is 17.2 Å². The second kappa shape index (κ2) is 6.08. The number of nitrogens with two attached hydrogens (primary N) is 1. The van der Waals surface area contributed by atoms with Gasteiger partial charge in [-0.2, -0.15) is 0 Å². The average Bonchev–Trinajstić information content (AvgIpc) is 2.42. The molecule has 1 aromatic heterocycles. The van der Waals surface area contributed by atoms with E-state index in [-0.39, 0.29) is 16.7 Å². The van der Waals surface area contributed by atoms with Gasteiger partial charge in [0.05, 0.1) is 4.47 Å². The van der Waals surface area contributed by atoms with Crippen LogP contribution >= 0.6 is 15.9 Å². The van der Waals surface area contributed by atoms with E-state index in [0.29, 0.717) is 0 Å². The van der Waals surface area contributed by atoms with Crippen LogP contribution in [0.3, 0.4) is 0 Å². The van der Waals surface area contributed by atoms with E-state index in [1.165, 1.54) is 6.07 Å². The molecule has 2 aromatic rings. The van der Waals surface area contributed by atoms with Crippen LogP contribution in [0.25, 0.3) is 0 Å². The third-order valence-electron chi connectivity index (χ3n) is 2.90. The first-order valence-electron chi connectivity index (χ1n) is 5.95. The van der Waals surface area contributed by atoms with Crippen molar-refractivity contribution in [1.82, 2.24) is 9.71 Å². The summed E-state index contributed by atoms with van der Waals surface area (Å²) in [6.45, 7) is 1.86. The zero-order valence-electron chi connectivity index (χ0n) is 11.1. The summed E-state index contributed by atoms with van der Waals surface area (Å²) in [4.78, 5) is 3.44. The van der Waals surface area contributed by atoms with E-state index in [1.54, 1.807) is 18.5 Å². The molecular formula is C13H13BrFN3O2S. The van der Waals surface area contributed by atoms with Crippen LogP contribution in [0.2, 0.25) is 0 Å². The molecule has 0 aliphatic rings. The first-order chi connectivity index (χ1) is 9.81. The number of hydrogen-bond donors (Lipinski definition) is 2. The van der Waals surface area contributed by atoms with Gasteiger partial charge in [-0.25, -0.2) is 17.5 Å². The Labute approximate surface area is 130 Å². The molecule has 0 radical (unpaired) electrons. The fraction of sp³-hybridized carbons (Fsp3) is 0.154. The maximum atomic E-state index is 14.0. The lowest BCUT2D eigenvalue weighted by Gasteiger charge is -2.10. The summed E-state index contributed by atoms with van der Waals surface area (Å²) < 4.78 is 40.7. The molecule has 3 N–H and O–H groups in total. The molecule has 0 saturated heterocycles. The SMILES string of the molecule is Cc1cnccc1CNS(=O)(=O)c1cc(N)cc(Br)c1F. The molecule has 112 valence electrons. The van der Waals surface area contributed by atoms with Crippen LogP contribution < -0.4 is 10.5 Å². The monoisotopic (exact) mass is 373 g/mol. The zero-order valence-corrected chi connectivity index (χ0v) is 13.5. The van der Waals surface area contributed by atoms with Crippen LogP contribution in [-0.2, 0) is 16.6 Å². The molecule has 0 fully saturated rings. The molecule has 2 rings (SSSR count). The zero-order chi connectivity index (χ0) is 15.6. The Morgan fingerprint density at radius 2 is 2.14 bits per heavy atom. The number of benzene rings is 1. The number of nitrogen functional groups attached to an aromatic ring is 1. The lowest BCUT2D eigenvalue weighted by Crippen LogP contribution is -2.25. The van der Waals surface area contributed by atoms with Crippen LogP contribution in [0.15, 0.2) is 40.0 Å². The number of aryl methyl sites for hydroxylation is 1. The Hall–Kier alpha value is -1.51. The quantitative estimate of drug-likeness (QED) is 0.805. The summed E-state index contributed by atoms with van der Waals surface area (Å²) in [5.41, 5.74) is 7.32. The lowest BCUT2D eigenvalue weighted by molar-refractivity contribution is 0.554. The molecule has 5 nitrogen and oxygen atoms in total. The number of sulfonamides is 1. The van der Waals surface area contributed by atoms with Gasteiger partial charge in [0.25, 0.3) is 0 Å². The molecule has 0 aliphatic heterocycles. The van der Waals surface area contributed by atoms with E-state index >= 15 is 0 Å². The molecular weight excluding hydrogens is 361 g/mol. The molecule has 1 aromatic carbocycles. The number of nitrogens with one attached hydrogen (secondary N) is 1. The number of hydrogen-bond acceptors (Lipinski definition) is 4. The van der Waals surface area contributed by atoms with E-state index in [1.807, 2.05) is 6.92 Å². The third-order valence-corrected chi connectivity index (χ3v) is 4.87. The molecule has 0 saturated carbocycles. The van der Waals surface area contributed by atoms with E-state index in [4.69, 9.17) is 5.73 Å². The topological polar surface area (TPSA) is 85.1 Å². The van der Waals surface area contributed by atoms with Gasteiger partial charge in [0.15, 0.2) is 5.82 Å². The number of pyridine rings is 1. The number of anilines is 1. The molecule has 0 atom stereocenters. The highest BCUT2D eigenvalue weighted by atomic mass is 79.9. The minimum atomic E-state index is -4.01. The number of rotatable bonds is 4. The van der Waals surface area contributed by atoms with Gasteiger partial charge in [0.2, 0.25) is 10.0 Å². The summed E-state index contributed by atoms with van der Waals surface area (Å²) in [6.07, 6.45) is 3.19. The molecule has 8 heteroatoms. The van der Waals surface area contributed by atoms with Crippen LogP contribution in [0.4, 0.5) is 10.1 Å². The molecule has 0 amide bonds. The van der Waals surface area contributed by atoms with Gasteiger partial charge in [-0.3, -0.25) is 4.98 Å². The lowest BCUT2D eigenvalue weighted by atomic mass is 10.2. The van der Waals surface area contributed by atoms with Crippen LogP contribution in [0.1, 0.15) is 11.1 Å². The third kappa shape index (κ3) is 3.58. The Bertz CT molecular complexity index is 781. The molecule has 0 aliphatic carbocycles. The van der Waals surface area contributed by atoms with Crippen molar-refractivity contribution < 1.29 is 12.8 Å². The Balaban J connectivity index is 2.30. The normalized spacial score (nSPS) is 11.6. The van der Waals surface area contributed by atoms with Crippen molar-refractivity contribution in [2.24, 2.45) is 0 Å².